The van der Waals surface area contributed by atoms with Crippen molar-refractivity contribution in [3.05, 3.63) is 68.2 Å². The van der Waals surface area contributed by atoms with Crippen molar-refractivity contribution in [1.29, 1.82) is 0 Å². The predicted molar refractivity (Wildman–Crippen MR) is 116 cm³/mol. The molecular formula is C21H19ClN4O3S. The number of benzene rings is 1. The number of carbonyl (C=O) groups is 1. The van der Waals surface area contributed by atoms with Crippen molar-refractivity contribution in [2.75, 3.05) is 26.2 Å². The van der Waals surface area contributed by atoms with E-state index in [1.165, 1.54) is 11.3 Å². The lowest BCUT2D eigenvalue weighted by molar-refractivity contribution is 0.0597. The van der Waals surface area contributed by atoms with E-state index in [9.17, 15) is 9.59 Å². The van der Waals surface area contributed by atoms with E-state index >= 15 is 0 Å². The molecule has 5 rings (SSSR count). The number of amides is 1. The van der Waals surface area contributed by atoms with Crippen LogP contribution in [0.3, 0.4) is 0 Å². The first-order valence-corrected chi connectivity index (χ1v) is 10.9. The molecular weight excluding hydrogens is 424 g/mol. The van der Waals surface area contributed by atoms with Gasteiger partial charge in [0.25, 0.3) is 11.5 Å². The number of nitrogens with zero attached hydrogens (tertiary/aromatic N) is 4. The molecule has 0 N–H and O–H groups in total. The summed E-state index contributed by atoms with van der Waals surface area (Å²) in [7, 11) is 0. The standard InChI is InChI=1S/C21H19ClN4O3S/c1-13-16-10-14(22)2-3-17(16)29-19(13)20(28)25-6-4-24(5-7-25)12-15-11-18(27)26-8-9-30-21(26)23-15/h2-3,8-11H,4-7,12H2,1H3. The zero-order valence-electron chi connectivity index (χ0n) is 16.3. The first kappa shape index (κ1) is 19.3. The van der Waals surface area contributed by atoms with Crippen LogP contribution in [0.5, 0.6) is 0 Å². The van der Waals surface area contributed by atoms with E-state index in [2.05, 4.69) is 9.88 Å². The van der Waals surface area contributed by atoms with Gasteiger partial charge in [-0.15, -0.1) is 11.3 Å². The molecule has 0 bridgehead atoms. The Labute approximate surface area is 181 Å². The van der Waals surface area contributed by atoms with E-state index in [4.69, 9.17) is 16.0 Å². The highest BCUT2D eigenvalue weighted by atomic mass is 35.5. The molecule has 0 aliphatic carbocycles. The number of thiazole rings is 1. The Morgan fingerprint density at radius 1 is 1.23 bits per heavy atom. The van der Waals surface area contributed by atoms with E-state index in [-0.39, 0.29) is 11.5 Å². The lowest BCUT2D eigenvalue weighted by Crippen LogP contribution is -2.48. The average molecular weight is 443 g/mol. The van der Waals surface area contributed by atoms with Gasteiger partial charge in [-0.25, -0.2) is 4.98 Å². The molecule has 1 fully saturated rings. The summed E-state index contributed by atoms with van der Waals surface area (Å²) in [6, 6.07) is 6.96. The molecule has 0 unspecified atom stereocenters. The summed E-state index contributed by atoms with van der Waals surface area (Å²) in [5, 5.41) is 3.34. The van der Waals surface area contributed by atoms with Crippen LogP contribution in [0.1, 0.15) is 21.8 Å². The van der Waals surface area contributed by atoms with Crippen LogP contribution in [0, 0.1) is 6.92 Å². The maximum atomic E-state index is 13.0. The SMILES string of the molecule is Cc1c(C(=O)N2CCN(Cc3cc(=O)n4ccsc4n3)CC2)oc2ccc(Cl)cc12. The van der Waals surface area contributed by atoms with Crippen molar-refractivity contribution in [2.45, 2.75) is 13.5 Å². The van der Waals surface area contributed by atoms with E-state index in [0.717, 1.165) is 16.6 Å². The number of furan rings is 1. The summed E-state index contributed by atoms with van der Waals surface area (Å²) >= 11 is 7.52. The third-order valence-electron chi connectivity index (χ3n) is 5.49. The molecule has 154 valence electrons. The lowest BCUT2D eigenvalue weighted by atomic mass is 10.1. The van der Waals surface area contributed by atoms with Crippen LogP contribution in [0.15, 0.2) is 45.1 Å². The number of piperazine rings is 1. The van der Waals surface area contributed by atoms with Gasteiger partial charge in [-0.3, -0.25) is 18.9 Å². The number of rotatable bonds is 3. The minimum Gasteiger partial charge on any atom is -0.451 e. The van der Waals surface area contributed by atoms with Gasteiger partial charge in [-0.1, -0.05) is 11.6 Å². The monoisotopic (exact) mass is 442 g/mol. The fourth-order valence-corrected chi connectivity index (χ4v) is 4.76. The molecule has 9 heteroatoms. The Kier molecular flexibility index (Phi) is 4.85. The van der Waals surface area contributed by atoms with Crippen molar-refractivity contribution in [3.63, 3.8) is 0 Å². The van der Waals surface area contributed by atoms with E-state index in [1.807, 2.05) is 23.3 Å². The maximum Gasteiger partial charge on any atom is 0.289 e. The largest absolute Gasteiger partial charge is 0.451 e. The second-order valence-corrected chi connectivity index (χ2v) is 8.72. The lowest BCUT2D eigenvalue weighted by Gasteiger charge is -2.34. The molecule has 4 heterocycles. The maximum absolute atomic E-state index is 13.0. The number of aryl methyl sites for hydroxylation is 1. The summed E-state index contributed by atoms with van der Waals surface area (Å²) in [5.74, 6) is 0.273. The number of aromatic nitrogens is 2. The molecule has 1 aliphatic heterocycles. The van der Waals surface area contributed by atoms with Gasteiger partial charge < -0.3 is 9.32 Å². The van der Waals surface area contributed by atoms with Gasteiger partial charge in [0.05, 0.1) is 5.69 Å². The summed E-state index contributed by atoms with van der Waals surface area (Å²) < 4.78 is 7.38. The van der Waals surface area contributed by atoms with E-state index in [0.29, 0.717) is 54.1 Å². The molecule has 0 spiro atoms. The zero-order chi connectivity index (χ0) is 20.8. The molecule has 4 aromatic rings. The van der Waals surface area contributed by atoms with Crippen molar-refractivity contribution < 1.29 is 9.21 Å². The Morgan fingerprint density at radius 3 is 2.83 bits per heavy atom. The van der Waals surface area contributed by atoms with Gasteiger partial charge >= 0.3 is 0 Å². The number of hydrogen-bond acceptors (Lipinski definition) is 6. The molecule has 0 saturated carbocycles. The van der Waals surface area contributed by atoms with Gasteiger partial charge in [-0.2, -0.15) is 0 Å². The minimum absolute atomic E-state index is 0.0643. The van der Waals surface area contributed by atoms with Crippen LogP contribution < -0.4 is 5.56 Å². The van der Waals surface area contributed by atoms with Crippen molar-refractivity contribution in [3.8, 4) is 0 Å². The van der Waals surface area contributed by atoms with Crippen LogP contribution in [0.2, 0.25) is 5.02 Å². The second kappa shape index (κ2) is 7.54. The summed E-state index contributed by atoms with van der Waals surface area (Å²) in [4.78, 5) is 34.5. The highest BCUT2D eigenvalue weighted by molar-refractivity contribution is 7.15. The fourth-order valence-electron chi connectivity index (χ4n) is 3.85. The van der Waals surface area contributed by atoms with Gasteiger partial charge in [0.2, 0.25) is 0 Å². The van der Waals surface area contributed by atoms with Gasteiger partial charge in [0, 0.05) is 66.3 Å². The van der Waals surface area contributed by atoms with Gasteiger partial charge in [-0.05, 0) is 25.1 Å². The van der Waals surface area contributed by atoms with Crippen LogP contribution in [0.25, 0.3) is 15.9 Å². The normalized spacial score (nSPS) is 15.3. The Morgan fingerprint density at radius 2 is 2.03 bits per heavy atom. The molecule has 1 saturated heterocycles. The molecule has 1 aromatic carbocycles. The summed E-state index contributed by atoms with van der Waals surface area (Å²) in [6.07, 6.45) is 1.73. The third kappa shape index (κ3) is 3.40. The molecule has 30 heavy (non-hydrogen) atoms. The number of fused-ring (bicyclic) bond motifs is 2. The van der Waals surface area contributed by atoms with E-state index < -0.39 is 0 Å². The summed E-state index contributed by atoms with van der Waals surface area (Å²) in [6.45, 7) is 5.08. The Balaban J connectivity index is 1.28. The molecule has 0 atom stereocenters. The zero-order valence-corrected chi connectivity index (χ0v) is 17.9. The number of carbonyl (C=O) groups excluding carboxylic acids is 1. The first-order valence-electron chi connectivity index (χ1n) is 9.65. The van der Waals surface area contributed by atoms with Crippen molar-refractivity contribution in [2.24, 2.45) is 0 Å². The van der Waals surface area contributed by atoms with Crippen molar-refractivity contribution >= 4 is 44.8 Å². The number of halogens is 1. The minimum atomic E-state index is -0.101. The smallest absolute Gasteiger partial charge is 0.289 e. The molecule has 3 aromatic heterocycles. The Hall–Kier alpha value is -2.68. The van der Waals surface area contributed by atoms with E-state index in [1.54, 1.807) is 28.8 Å². The predicted octanol–water partition coefficient (Wildman–Crippen LogP) is 3.42. The van der Waals surface area contributed by atoms with Gasteiger partial charge in [0.15, 0.2) is 10.7 Å². The fraction of sp³-hybridized carbons (Fsp3) is 0.286. The molecule has 1 amide bonds. The third-order valence-corrected chi connectivity index (χ3v) is 6.49. The van der Waals surface area contributed by atoms with Crippen LogP contribution in [-0.2, 0) is 6.54 Å². The van der Waals surface area contributed by atoms with Crippen LogP contribution in [0.4, 0.5) is 0 Å². The quantitative estimate of drug-likeness (QED) is 0.486. The summed E-state index contributed by atoms with van der Waals surface area (Å²) in [5.41, 5.74) is 2.17. The molecule has 1 aliphatic rings. The first-order chi connectivity index (χ1) is 14.5. The highest BCUT2D eigenvalue weighted by Crippen LogP contribution is 2.29. The second-order valence-electron chi connectivity index (χ2n) is 7.41. The topological polar surface area (TPSA) is 71.1 Å². The highest BCUT2D eigenvalue weighted by Gasteiger charge is 2.27. The van der Waals surface area contributed by atoms with Crippen LogP contribution in [-0.4, -0.2) is 51.3 Å². The molecule has 0 radical (unpaired) electrons. The number of hydrogen-bond donors (Lipinski definition) is 0. The van der Waals surface area contributed by atoms with Crippen LogP contribution >= 0.6 is 22.9 Å². The van der Waals surface area contributed by atoms with Gasteiger partial charge in [0.1, 0.15) is 5.58 Å². The Bertz CT molecular complexity index is 1320. The van der Waals surface area contributed by atoms with Crippen molar-refractivity contribution in [1.82, 2.24) is 19.2 Å². The average Bonchev–Trinajstić information content (AvgIpc) is 3.33. The molecule has 7 nitrogen and oxygen atoms in total.